The zero-order valence-electron chi connectivity index (χ0n) is 12.0. The lowest BCUT2D eigenvalue weighted by atomic mass is 9.98. The topological polar surface area (TPSA) is 44.5 Å². The van der Waals surface area contributed by atoms with E-state index in [0.717, 1.165) is 19.5 Å². The maximum atomic E-state index is 5.81. The number of likely N-dealkylation sites (N-methyl/N-ethyl adjacent to an activating group) is 2. The number of benzene rings is 1. The first-order valence-corrected chi connectivity index (χ1v) is 7.09. The van der Waals surface area contributed by atoms with Crippen LogP contribution in [0.3, 0.4) is 0 Å². The molecule has 1 aromatic carbocycles. The number of nitrogens with zero attached hydrogens (tertiary/aromatic N) is 2. The van der Waals surface area contributed by atoms with Gasteiger partial charge in [-0.25, -0.2) is 0 Å². The Balaban J connectivity index is 2.06. The summed E-state index contributed by atoms with van der Waals surface area (Å²) in [7, 11) is 4.40. The third-order valence-electron chi connectivity index (χ3n) is 4.09. The van der Waals surface area contributed by atoms with Gasteiger partial charge in [0.1, 0.15) is 0 Å². The molecule has 1 aliphatic heterocycles. The second kappa shape index (κ2) is 7.01. The molecule has 1 aliphatic rings. The largest absolute Gasteiger partial charge is 0.305 e. The van der Waals surface area contributed by atoms with Gasteiger partial charge < -0.3 is 9.80 Å². The molecule has 2 unspecified atom stereocenters. The summed E-state index contributed by atoms with van der Waals surface area (Å²) in [5, 5.41) is 0. The van der Waals surface area contributed by atoms with E-state index in [2.05, 4.69) is 59.7 Å². The Kier molecular flexibility index (Phi) is 5.34. The Morgan fingerprint density at radius 1 is 1.26 bits per heavy atom. The Hall–Kier alpha value is -0.940. The minimum Gasteiger partial charge on any atom is -0.305 e. The molecule has 0 amide bonds. The fourth-order valence-corrected chi connectivity index (χ4v) is 2.91. The van der Waals surface area contributed by atoms with E-state index in [-0.39, 0.29) is 6.04 Å². The van der Waals surface area contributed by atoms with Gasteiger partial charge in [0.2, 0.25) is 0 Å². The summed E-state index contributed by atoms with van der Waals surface area (Å²) in [5.41, 5.74) is 4.37. The van der Waals surface area contributed by atoms with Crippen LogP contribution >= 0.6 is 0 Å². The van der Waals surface area contributed by atoms with Crippen molar-refractivity contribution in [3.8, 4) is 0 Å². The minimum atomic E-state index is 0.285. The number of nitrogens with two attached hydrogens (primary N) is 1. The SMILES string of the molecule is CN1CCCN(C)C(C(Cc2ccccc2)NN)C1. The maximum Gasteiger partial charge on any atom is 0.0418 e. The Morgan fingerprint density at radius 2 is 2.00 bits per heavy atom. The predicted octanol–water partition coefficient (Wildman–Crippen LogP) is 0.697. The smallest absolute Gasteiger partial charge is 0.0418 e. The molecule has 2 rings (SSSR count). The van der Waals surface area contributed by atoms with Crippen molar-refractivity contribution < 1.29 is 0 Å². The van der Waals surface area contributed by atoms with Crippen LogP contribution in [0.1, 0.15) is 12.0 Å². The van der Waals surface area contributed by atoms with Crippen molar-refractivity contribution in [3.05, 3.63) is 35.9 Å². The van der Waals surface area contributed by atoms with Gasteiger partial charge in [0, 0.05) is 18.6 Å². The van der Waals surface area contributed by atoms with Gasteiger partial charge in [-0.1, -0.05) is 30.3 Å². The highest BCUT2D eigenvalue weighted by Crippen LogP contribution is 2.14. The molecule has 1 heterocycles. The Morgan fingerprint density at radius 3 is 2.68 bits per heavy atom. The molecule has 0 radical (unpaired) electrons. The van der Waals surface area contributed by atoms with Crippen LogP contribution in [0.25, 0.3) is 0 Å². The summed E-state index contributed by atoms with van der Waals surface area (Å²) in [5.74, 6) is 5.81. The molecule has 0 bridgehead atoms. The van der Waals surface area contributed by atoms with Gasteiger partial charge >= 0.3 is 0 Å². The van der Waals surface area contributed by atoms with Crippen LogP contribution in [0.5, 0.6) is 0 Å². The van der Waals surface area contributed by atoms with Crippen molar-refractivity contribution in [2.75, 3.05) is 33.7 Å². The molecule has 1 saturated heterocycles. The summed E-state index contributed by atoms with van der Waals surface area (Å²) < 4.78 is 0. The molecule has 0 saturated carbocycles. The molecule has 19 heavy (non-hydrogen) atoms. The van der Waals surface area contributed by atoms with Crippen molar-refractivity contribution in [1.29, 1.82) is 0 Å². The van der Waals surface area contributed by atoms with Crippen molar-refractivity contribution in [2.24, 2.45) is 5.84 Å². The van der Waals surface area contributed by atoms with Crippen LogP contribution in [0.4, 0.5) is 0 Å². The van der Waals surface area contributed by atoms with Crippen LogP contribution in [-0.4, -0.2) is 55.6 Å². The van der Waals surface area contributed by atoms with E-state index >= 15 is 0 Å². The molecule has 106 valence electrons. The van der Waals surface area contributed by atoms with Crippen LogP contribution in [0.2, 0.25) is 0 Å². The summed E-state index contributed by atoms with van der Waals surface area (Å²) in [6, 6.07) is 11.3. The van der Waals surface area contributed by atoms with Gasteiger partial charge in [-0.15, -0.1) is 0 Å². The molecule has 4 nitrogen and oxygen atoms in total. The lowest BCUT2D eigenvalue weighted by molar-refractivity contribution is 0.177. The van der Waals surface area contributed by atoms with E-state index in [0.29, 0.717) is 6.04 Å². The van der Waals surface area contributed by atoms with Crippen molar-refractivity contribution >= 4 is 0 Å². The Labute approximate surface area is 116 Å². The van der Waals surface area contributed by atoms with Crippen LogP contribution in [-0.2, 0) is 6.42 Å². The monoisotopic (exact) mass is 262 g/mol. The lowest BCUT2D eigenvalue weighted by Gasteiger charge is -2.34. The van der Waals surface area contributed by atoms with Crippen molar-refractivity contribution in [1.82, 2.24) is 15.2 Å². The number of rotatable bonds is 4. The molecule has 0 spiro atoms. The van der Waals surface area contributed by atoms with Gasteiger partial charge in [-0.3, -0.25) is 11.3 Å². The molecular weight excluding hydrogens is 236 g/mol. The third-order valence-corrected chi connectivity index (χ3v) is 4.09. The lowest BCUT2D eigenvalue weighted by Crippen LogP contribution is -2.55. The van der Waals surface area contributed by atoms with E-state index in [1.807, 2.05) is 0 Å². The molecule has 2 atom stereocenters. The molecule has 4 heteroatoms. The van der Waals surface area contributed by atoms with Crippen LogP contribution in [0.15, 0.2) is 30.3 Å². The summed E-state index contributed by atoms with van der Waals surface area (Å²) in [6.07, 6.45) is 2.20. The van der Waals surface area contributed by atoms with E-state index in [1.54, 1.807) is 0 Å². The van der Waals surface area contributed by atoms with Gasteiger partial charge in [0.15, 0.2) is 0 Å². The standard InChI is InChI=1S/C15H26N4/c1-18-9-6-10-19(2)15(12-18)14(17-16)11-13-7-4-3-5-8-13/h3-5,7-8,14-15,17H,6,9-12,16H2,1-2H3. The summed E-state index contributed by atoms with van der Waals surface area (Å²) in [4.78, 5) is 4.85. The van der Waals surface area contributed by atoms with Gasteiger partial charge in [0.25, 0.3) is 0 Å². The average molecular weight is 262 g/mol. The van der Waals surface area contributed by atoms with Gasteiger partial charge in [-0.2, -0.15) is 0 Å². The van der Waals surface area contributed by atoms with Crippen LogP contribution < -0.4 is 11.3 Å². The first kappa shape index (κ1) is 14.5. The minimum absolute atomic E-state index is 0.285. The third kappa shape index (κ3) is 4.01. The zero-order chi connectivity index (χ0) is 13.7. The van der Waals surface area contributed by atoms with E-state index in [4.69, 9.17) is 5.84 Å². The average Bonchev–Trinajstić information content (AvgIpc) is 2.59. The molecule has 0 aromatic heterocycles. The fourth-order valence-electron chi connectivity index (χ4n) is 2.91. The molecule has 0 aliphatic carbocycles. The van der Waals surface area contributed by atoms with Crippen LogP contribution in [0, 0.1) is 0 Å². The number of nitrogens with one attached hydrogen (secondary N) is 1. The van der Waals surface area contributed by atoms with E-state index in [1.165, 1.54) is 18.5 Å². The predicted molar refractivity (Wildman–Crippen MR) is 79.8 cm³/mol. The van der Waals surface area contributed by atoms with Crippen molar-refractivity contribution in [3.63, 3.8) is 0 Å². The first-order valence-electron chi connectivity index (χ1n) is 7.09. The summed E-state index contributed by atoms with van der Waals surface area (Å²) in [6.45, 7) is 3.38. The number of hydrogen-bond donors (Lipinski definition) is 2. The van der Waals surface area contributed by atoms with E-state index < -0.39 is 0 Å². The molecule has 1 aromatic rings. The highest BCUT2D eigenvalue weighted by Gasteiger charge is 2.27. The highest BCUT2D eigenvalue weighted by molar-refractivity contribution is 5.16. The molecule has 1 fully saturated rings. The van der Waals surface area contributed by atoms with Gasteiger partial charge in [-0.05, 0) is 45.6 Å². The molecular formula is C15H26N4. The van der Waals surface area contributed by atoms with E-state index in [9.17, 15) is 0 Å². The maximum absolute atomic E-state index is 5.81. The normalized spacial score (nSPS) is 24.1. The second-order valence-electron chi connectivity index (χ2n) is 5.63. The second-order valence-corrected chi connectivity index (χ2v) is 5.63. The first-order chi connectivity index (χ1) is 9.20. The number of hydrogen-bond acceptors (Lipinski definition) is 4. The summed E-state index contributed by atoms with van der Waals surface area (Å²) >= 11 is 0. The quantitative estimate of drug-likeness (QED) is 0.619. The zero-order valence-corrected chi connectivity index (χ0v) is 12.0. The number of hydrazine groups is 1. The van der Waals surface area contributed by atoms with Crippen molar-refractivity contribution in [2.45, 2.75) is 24.9 Å². The highest BCUT2D eigenvalue weighted by atomic mass is 15.3. The fraction of sp³-hybridized carbons (Fsp3) is 0.600. The van der Waals surface area contributed by atoms with Gasteiger partial charge in [0.05, 0.1) is 0 Å². The Bertz CT molecular complexity index is 368. The molecule has 3 N–H and O–H groups in total.